The fourth-order valence-electron chi connectivity index (χ4n) is 4.80. The van der Waals surface area contributed by atoms with Crippen LogP contribution in [0.25, 0.3) is 32.6 Å². The topological polar surface area (TPSA) is 101 Å². The Labute approximate surface area is 241 Å². The Morgan fingerprint density at radius 3 is 2.41 bits per heavy atom. The van der Waals surface area contributed by atoms with Crippen LogP contribution in [0.3, 0.4) is 0 Å². The van der Waals surface area contributed by atoms with Crippen molar-refractivity contribution in [3.63, 3.8) is 0 Å². The lowest BCUT2D eigenvalue weighted by Crippen LogP contribution is -2.60. The van der Waals surface area contributed by atoms with E-state index in [4.69, 9.17) is 26.8 Å². The van der Waals surface area contributed by atoms with Crippen molar-refractivity contribution in [2.45, 2.75) is 25.4 Å². The number of hydrogen-bond donors (Lipinski definition) is 2. The summed E-state index contributed by atoms with van der Waals surface area (Å²) in [5.41, 5.74) is 8.24. The van der Waals surface area contributed by atoms with Crippen molar-refractivity contribution < 1.29 is 27.3 Å². The normalized spacial score (nSPS) is 14.0. The number of rotatable bonds is 5. The van der Waals surface area contributed by atoms with Gasteiger partial charge in [-0.1, -0.05) is 35.9 Å². The molecule has 1 aliphatic heterocycles. The molecule has 0 spiro atoms. The highest BCUT2D eigenvalue weighted by atomic mass is 35.5. The summed E-state index contributed by atoms with van der Waals surface area (Å²) in [7, 11) is 0. The summed E-state index contributed by atoms with van der Waals surface area (Å²) < 4.78 is 45.0. The minimum absolute atomic E-state index is 0.148. The molecule has 8 nitrogen and oxygen atoms in total. The Morgan fingerprint density at radius 1 is 1.05 bits per heavy atom. The molecule has 6 rings (SSSR count). The van der Waals surface area contributed by atoms with Crippen LogP contribution in [-0.4, -0.2) is 29.3 Å². The van der Waals surface area contributed by atoms with Gasteiger partial charge in [-0.25, -0.2) is 4.98 Å². The number of piperidine rings is 1. The van der Waals surface area contributed by atoms with Gasteiger partial charge in [0.1, 0.15) is 9.71 Å². The lowest BCUT2D eigenvalue weighted by Gasteiger charge is -2.17. The standard InChI is InChI=1S/C28H22ClF3N6O2S/c29-19-10-6-17(7-11-19)21-14-20(16-4-8-18(9-5-16)28(30,31)32)23-24(33)25(41-27(23)34-21)26(39)35-22-15-38(36-40-22)37-12-2-1-3-13-37/h4-11,14-15H,1-3,12-13H2,(H2-,33,35,36,39)/p+1. The number of amides is 1. The number of anilines is 2. The van der Waals surface area contributed by atoms with Crippen LogP contribution >= 0.6 is 22.9 Å². The fourth-order valence-corrected chi connectivity index (χ4v) is 5.94. The van der Waals surface area contributed by atoms with E-state index in [2.05, 4.69) is 10.6 Å². The lowest BCUT2D eigenvalue weighted by atomic mass is 9.98. The molecule has 0 saturated carbocycles. The van der Waals surface area contributed by atoms with Crippen LogP contribution in [-0.2, 0) is 6.18 Å². The van der Waals surface area contributed by atoms with Crippen molar-refractivity contribution in [2.24, 2.45) is 0 Å². The third-order valence-corrected chi connectivity index (χ3v) is 8.23. The maximum Gasteiger partial charge on any atom is 0.416 e. The molecule has 1 aliphatic rings. The largest absolute Gasteiger partial charge is 0.416 e. The molecule has 0 bridgehead atoms. The summed E-state index contributed by atoms with van der Waals surface area (Å²) in [6.07, 6.45) is 0.377. The molecule has 1 fully saturated rings. The SMILES string of the molecule is Nc1c(C(=O)Nc2c[n+](N3CCCCC3)no2)sc2nc(-c3ccc(Cl)cc3)cc(-c3ccc(C(F)(F)F)cc3)c12. The minimum Gasteiger partial charge on any atom is -0.397 e. The zero-order valence-corrected chi connectivity index (χ0v) is 23.0. The number of alkyl halides is 3. The number of carbonyl (C=O) groups excluding carboxylic acids is 1. The molecular formula is C28H23ClF3N6O2S+. The number of pyridine rings is 1. The number of benzene rings is 2. The van der Waals surface area contributed by atoms with Crippen molar-refractivity contribution in [3.8, 4) is 22.4 Å². The summed E-state index contributed by atoms with van der Waals surface area (Å²) >= 11 is 7.14. The van der Waals surface area contributed by atoms with Crippen molar-refractivity contribution >= 4 is 50.6 Å². The average Bonchev–Trinajstić information content (AvgIpc) is 3.57. The number of nitrogens with two attached hydrogens (primary N) is 1. The van der Waals surface area contributed by atoms with Gasteiger partial charge in [0.05, 0.1) is 34.8 Å². The first kappa shape index (κ1) is 27.0. The van der Waals surface area contributed by atoms with Crippen LogP contribution in [0.5, 0.6) is 0 Å². The fraction of sp³-hybridized carbons (Fsp3) is 0.214. The summed E-state index contributed by atoms with van der Waals surface area (Å²) in [5.74, 6) is -0.367. The quantitative estimate of drug-likeness (QED) is 0.223. The molecule has 3 aromatic heterocycles. The number of thiophene rings is 1. The van der Waals surface area contributed by atoms with Crippen LogP contribution in [0.1, 0.15) is 34.5 Å². The summed E-state index contributed by atoms with van der Waals surface area (Å²) in [6, 6.07) is 13.6. The Hall–Kier alpha value is -4.16. The smallest absolute Gasteiger partial charge is 0.397 e. The van der Waals surface area contributed by atoms with Gasteiger partial charge < -0.3 is 5.73 Å². The van der Waals surface area contributed by atoms with Gasteiger partial charge in [0.15, 0.2) is 0 Å². The van der Waals surface area contributed by atoms with Gasteiger partial charge in [0.25, 0.3) is 12.1 Å². The molecule has 4 heterocycles. The first-order chi connectivity index (χ1) is 19.7. The summed E-state index contributed by atoms with van der Waals surface area (Å²) in [5, 5.41) is 9.75. The molecule has 41 heavy (non-hydrogen) atoms. The number of hydrogen-bond acceptors (Lipinski definition) is 7. The maximum absolute atomic E-state index is 13.3. The number of nitrogens with zero attached hydrogens (tertiary/aromatic N) is 4. The monoisotopic (exact) mass is 599 g/mol. The number of carbonyl (C=O) groups is 1. The van der Waals surface area contributed by atoms with E-state index >= 15 is 0 Å². The molecule has 0 unspecified atom stereocenters. The lowest BCUT2D eigenvalue weighted by molar-refractivity contribution is -0.759. The molecular weight excluding hydrogens is 577 g/mol. The predicted octanol–water partition coefficient (Wildman–Crippen LogP) is 6.53. The van der Waals surface area contributed by atoms with E-state index in [1.54, 1.807) is 41.3 Å². The van der Waals surface area contributed by atoms with E-state index in [0.717, 1.165) is 61.4 Å². The minimum atomic E-state index is -4.47. The highest BCUT2D eigenvalue weighted by Gasteiger charge is 2.30. The van der Waals surface area contributed by atoms with Gasteiger partial charge in [-0.2, -0.15) is 18.2 Å². The Bertz CT molecular complexity index is 1730. The van der Waals surface area contributed by atoms with E-state index in [0.29, 0.717) is 32.1 Å². The second-order valence-electron chi connectivity index (χ2n) is 9.62. The van der Waals surface area contributed by atoms with Gasteiger partial charge in [0.2, 0.25) is 5.27 Å². The zero-order chi connectivity index (χ0) is 28.7. The molecule has 13 heteroatoms. The van der Waals surface area contributed by atoms with Gasteiger partial charge in [-0.3, -0.25) is 14.6 Å². The summed E-state index contributed by atoms with van der Waals surface area (Å²) in [6.45, 7) is 1.67. The Balaban J connectivity index is 1.40. The van der Waals surface area contributed by atoms with Crippen LogP contribution in [0.15, 0.2) is 65.3 Å². The first-order valence-corrected chi connectivity index (χ1v) is 14.0. The number of fused-ring (bicyclic) bond motifs is 1. The highest BCUT2D eigenvalue weighted by Crippen LogP contribution is 2.42. The molecule has 1 saturated heterocycles. The number of nitrogens with one attached hydrogen (secondary N) is 1. The summed E-state index contributed by atoms with van der Waals surface area (Å²) in [4.78, 5) is 20.3. The first-order valence-electron chi connectivity index (χ1n) is 12.8. The Kier molecular flexibility index (Phi) is 7.04. The van der Waals surface area contributed by atoms with Crippen molar-refractivity contribution in [1.82, 2.24) is 10.3 Å². The van der Waals surface area contributed by atoms with Crippen molar-refractivity contribution in [2.75, 3.05) is 29.1 Å². The van der Waals surface area contributed by atoms with E-state index in [1.165, 1.54) is 12.1 Å². The molecule has 3 N–H and O–H groups in total. The van der Waals surface area contributed by atoms with E-state index in [9.17, 15) is 18.0 Å². The molecule has 2 aromatic carbocycles. The van der Waals surface area contributed by atoms with Gasteiger partial charge in [-0.05, 0) is 60.7 Å². The van der Waals surface area contributed by atoms with E-state index in [1.807, 2.05) is 5.01 Å². The van der Waals surface area contributed by atoms with Crippen molar-refractivity contribution in [3.05, 3.63) is 76.3 Å². The predicted molar refractivity (Wildman–Crippen MR) is 151 cm³/mol. The molecule has 1 amide bonds. The van der Waals surface area contributed by atoms with Gasteiger partial charge >= 0.3 is 12.1 Å². The molecule has 5 aromatic rings. The highest BCUT2D eigenvalue weighted by molar-refractivity contribution is 7.21. The number of nitrogen functional groups attached to an aromatic ring is 1. The van der Waals surface area contributed by atoms with Gasteiger partial charge in [0, 0.05) is 16.0 Å². The number of aromatic nitrogens is 3. The zero-order valence-electron chi connectivity index (χ0n) is 21.4. The van der Waals surface area contributed by atoms with Crippen LogP contribution < -0.4 is 20.9 Å². The van der Waals surface area contributed by atoms with Crippen LogP contribution in [0.4, 0.5) is 24.7 Å². The molecule has 0 radical (unpaired) electrons. The average molecular weight is 600 g/mol. The second kappa shape index (κ2) is 10.7. The number of halogens is 4. The van der Waals surface area contributed by atoms with Crippen LogP contribution in [0, 0.1) is 0 Å². The third kappa shape index (κ3) is 5.44. The maximum atomic E-state index is 13.3. The van der Waals surface area contributed by atoms with E-state index < -0.39 is 17.6 Å². The Morgan fingerprint density at radius 2 is 1.73 bits per heavy atom. The van der Waals surface area contributed by atoms with Crippen molar-refractivity contribution in [1.29, 1.82) is 0 Å². The molecule has 0 aliphatic carbocycles. The third-order valence-electron chi connectivity index (χ3n) is 6.88. The van der Waals surface area contributed by atoms with Gasteiger partial charge in [-0.15, -0.1) is 11.3 Å². The second-order valence-corrected chi connectivity index (χ2v) is 11.1. The van der Waals surface area contributed by atoms with Crippen LogP contribution in [0.2, 0.25) is 5.02 Å². The molecule has 0 atom stereocenters. The molecule has 210 valence electrons. The van der Waals surface area contributed by atoms with E-state index in [-0.39, 0.29) is 16.4 Å².